The second-order valence-corrected chi connectivity index (χ2v) is 5.39. The molecule has 0 radical (unpaired) electrons. The Morgan fingerprint density at radius 1 is 1.29 bits per heavy atom. The number of nitrogens with one attached hydrogen (secondary N) is 1. The zero-order valence-corrected chi connectivity index (χ0v) is 12.7. The largest absolute Gasteiger partial charge is 0.384 e. The summed E-state index contributed by atoms with van der Waals surface area (Å²) in [6.45, 7) is 2.91. The summed E-state index contributed by atoms with van der Waals surface area (Å²) in [6.07, 6.45) is 3.25. The van der Waals surface area contributed by atoms with Crippen LogP contribution < -0.4 is 11.1 Å². The van der Waals surface area contributed by atoms with Gasteiger partial charge in [0.1, 0.15) is 11.6 Å². The molecule has 5 heteroatoms. The third-order valence-corrected chi connectivity index (χ3v) is 3.65. The van der Waals surface area contributed by atoms with Gasteiger partial charge in [-0.25, -0.2) is 9.37 Å². The minimum Gasteiger partial charge on any atom is -0.384 e. The first-order valence-electron chi connectivity index (χ1n) is 6.96. The van der Waals surface area contributed by atoms with Gasteiger partial charge in [-0.1, -0.05) is 24.6 Å². The van der Waals surface area contributed by atoms with Crippen LogP contribution in [-0.4, -0.2) is 17.6 Å². The van der Waals surface area contributed by atoms with Gasteiger partial charge in [0.15, 0.2) is 0 Å². The SMILES string of the molecule is CCNC(Cc1ccnc(N)c1)Cc1ccc(F)cc1Cl. The number of halogens is 2. The number of likely N-dealkylation sites (N-methyl/N-ethyl adjacent to an activating group) is 1. The van der Waals surface area contributed by atoms with E-state index in [2.05, 4.69) is 17.2 Å². The van der Waals surface area contributed by atoms with E-state index in [0.717, 1.165) is 30.5 Å². The van der Waals surface area contributed by atoms with Crippen LogP contribution in [0.5, 0.6) is 0 Å². The smallest absolute Gasteiger partial charge is 0.124 e. The van der Waals surface area contributed by atoms with Gasteiger partial charge in [0.25, 0.3) is 0 Å². The van der Waals surface area contributed by atoms with Crippen molar-refractivity contribution in [3.8, 4) is 0 Å². The molecule has 0 spiro atoms. The lowest BCUT2D eigenvalue weighted by Crippen LogP contribution is -2.33. The Hall–Kier alpha value is -1.65. The number of benzene rings is 1. The van der Waals surface area contributed by atoms with E-state index in [1.165, 1.54) is 12.1 Å². The Morgan fingerprint density at radius 2 is 2.10 bits per heavy atom. The van der Waals surface area contributed by atoms with Gasteiger partial charge in [0.2, 0.25) is 0 Å². The number of rotatable bonds is 6. The zero-order chi connectivity index (χ0) is 15.2. The number of hydrogen-bond donors (Lipinski definition) is 2. The topological polar surface area (TPSA) is 50.9 Å². The van der Waals surface area contributed by atoms with Crippen LogP contribution in [0.4, 0.5) is 10.2 Å². The number of nitrogens with two attached hydrogens (primary N) is 1. The minimum atomic E-state index is -0.314. The van der Waals surface area contributed by atoms with Gasteiger partial charge >= 0.3 is 0 Å². The minimum absolute atomic E-state index is 0.208. The van der Waals surface area contributed by atoms with Crippen molar-refractivity contribution >= 4 is 17.4 Å². The van der Waals surface area contributed by atoms with Gasteiger partial charge in [-0.3, -0.25) is 0 Å². The standard InChI is InChI=1S/C16H19ClFN3/c1-2-20-14(7-11-5-6-21-16(19)8-11)9-12-3-4-13(18)10-15(12)17/h3-6,8,10,14,20H,2,7,9H2,1H3,(H2,19,21). The molecule has 21 heavy (non-hydrogen) atoms. The predicted octanol–water partition coefficient (Wildman–Crippen LogP) is 3.22. The Bertz CT molecular complexity index is 604. The zero-order valence-electron chi connectivity index (χ0n) is 11.9. The van der Waals surface area contributed by atoms with Crippen molar-refractivity contribution in [2.45, 2.75) is 25.8 Å². The molecular weight excluding hydrogens is 289 g/mol. The molecule has 2 aromatic rings. The average Bonchev–Trinajstić information content (AvgIpc) is 2.42. The number of nitrogens with zero attached hydrogens (tertiary/aromatic N) is 1. The number of anilines is 1. The third kappa shape index (κ3) is 4.69. The summed E-state index contributed by atoms with van der Waals surface area (Å²) in [4.78, 5) is 4.00. The monoisotopic (exact) mass is 307 g/mol. The molecule has 0 amide bonds. The van der Waals surface area contributed by atoms with E-state index in [9.17, 15) is 4.39 Å². The molecule has 0 fully saturated rings. The normalized spacial score (nSPS) is 12.3. The van der Waals surface area contributed by atoms with Crippen LogP contribution in [0.15, 0.2) is 36.5 Å². The summed E-state index contributed by atoms with van der Waals surface area (Å²) in [6, 6.07) is 8.56. The summed E-state index contributed by atoms with van der Waals surface area (Å²) >= 11 is 6.10. The van der Waals surface area contributed by atoms with Gasteiger partial charge < -0.3 is 11.1 Å². The van der Waals surface area contributed by atoms with E-state index < -0.39 is 0 Å². The van der Waals surface area contributed by atoms with Crippen LogP contribution in [0.25, 0.3) is 0 Å². The van der Waals surface area contributed by atoms with Crippen LogP contribution in [-0.2, 0) is 12.8 Å². The van der Waals surface area contributed by atoms with E-state index in [1.54, 1.807) is 12.3 Å². The lowest BCUT2D eigenvalue weighted by atomic mass is 9.99. The molecule has 1 atom stereocenters. The fourth-order valence-electron chi connectivity index (χ4n) is 2.36. The highest BCUT2D eigenvalue weighted by molar-refractivity contribution is 6.31. The van der Waals surface area contributed by atoms with E-state index in [0.29, 0.717) is 10.8 Å². The summed E-state index contributed by atoms with van der Waals surface area (Å²) in [5, 5.41) is 3.89. The molecule has 0 aliphatic rings. The van der Waals surface area contributed by atoms with E-state index in [4.69, 9.17) is 17.3 Å². The van der Waals surface area contributed by atoms with Crippen LogP contribution in [0.1, 0.15) is 18.1 Å². The Kier molecular flexibility index (Phi) is 5.53. The quantitative estimate of drug-likeness (QED) is 0.861. The molecule has 0 saturated heterocycles. The first kappa shape index (κ1) is 15.7. The lowest BCUT2D eigenvalue weighted by molar-refractivity contribution is 0.521. The van der Waals surface area contributed by atoms with Crippen molar-refractivity contribution in [3.05, 3.63) is 58.5 Å². The molecular formula is C16H19ClFN3. The first-order chi connectivity index (χ1) is 10.1. The fraction of sp³-hybridized carbons (Fsp3) is 0.312. The van der Waals surface area contributed by atoms with Gasteiger partial charge in [0.05, 0.1) is 0 Å². The number of aromatic nitrogens is 1. The van der Waals surface area contributed by atoms with Gasteiger partial charge in [-0.2, -0.15) is 0 Å². The maximum atomic E-state index is 13.1. The first-order valence-corrected chi connectivity index (χ1v) is 7.34. The summed E-state index contributed by atoms with van der Waals surface area (Å²) < 4.78 is 13.1. The highest BCUT2D eigenvalue weighted by Gasteiger charge is 2.12. The van der Waals surface area contributed by atoms with Crippen molar-refractivity contribution in [2.24, 2.45) is 0 Å². The number of hydrogen-bond acceptors (Lipinski definition) is 3. The molecule has 0 aliphatic heterocycles. The van der Waals surface area contributed by atoms with E-state index in [1.807, 2.05) is 12.1 Å². The maximum Gasteiger partial charge on any atom is 0.124 e. The van der Waals surface area contributed by atoms with Crippen molar-refractivity contribution in [1.29, 1.82) is 0 Å². The summed E-state index contributed by atoms with van der Waals surface area (Å²) in [7, 11) is 0. The average molecular weight is 308 g/mol. The lowest BCUT2D eigenvalue weighted by Gasteiger charge is -2.19. The van der Waals surface area contributed by atoms with Crippen LogP contribution in [0.2, 0.25) is 5.02 Å². The van der Waals surface area contributed by atoms with Gasteiger partial charge in [0, 0.05) is 17.3 Å². The molecule has 0 aliphatic carbocycles. The molecule has 0 saturated carbocycles. The molecule has 0 bridgehead atoms. The van der Waals surface area contributed by atoms with E-state index >= 15 is 0 Å². The summed E-state index contributed by atoms with van der Waals surface area (Å²) in [5.74, 6) is 0.202. The highest BCUT2D eigenvalue weighted by Crippen LogP contribution is 2.20. The number of nitrogen functional groups attached to an aromatic ring is 1. The van der Waals surface area contributed by atoms with Crippen LogP contribution in [0.3, 0.4) is 0 Å². The highest BCUT2D eigenvalue weighted by atomic mass is 35.5. The second-order valence-electron chi connectivity index (χ2n) is 4.99. The third-order valence-electron chi connectivity index (χ3n) is 3.30. The van der Waals surface area contributed by atoms with Crippen molar-refractivity contribution in [1.82, 2.24) is 10.3 Å². The Balaban J connectivity index is 2.11. The van der Waals surface area contributed by atoms with E-state index in [-0.39, 0.29) is 11.9 Å². The van der Waals surface area contributed by atoms with Crippen molar-refractivity contribution < 1.29 is 4.39 Å². The van der Waals surface area contributed by atoms with Gasteiger partial charge in [-0.05, 0) is 54.8 Å². The molecule has 3 N–H and O–H groups in total. The molecule has 3 nitrogen and oxygen atoms in total. The maximum absolute atomic E-state index is 13.1. The molecule has 1 unspecified atom stereocenters. The predicted molar refractivity (Wildman–Crippen MR) is 84.9 cm³/mol. The molecule has 1 aromatic heterocycles. The van der Waals surface area contributed by atoms with Crippen molar-refractivity contribution in [2.75, 3.05) is 12.3 Å². The Labute approximate surface area is 129 Å². The second kappa shape index (κ2) is 7.38. The van der Waals surface area contributed by atoms with Crippen LogP contribution >= 0.6 is 11.6 Å². The molecule has 2 rings (SSSR count). The Morgan fingerprint density at radius 3 is 2.76 bits per heavy atom. The van der Waals surface area contributed by atoms with Gasteiger partial charge in [-0.15, -0.1) is 0 Å². The van der Waals surface area contributed by atoms with Crippen LogP contribution in [0, 0.1) is 5.82 Å². The van der Waals surface area contributed by atoms with Crippen molar-refractivity contribution in [3.63, 3.8) is 0 Å². The summed E-state index contributed by atoms with van der Waals surface area (Å²) in [5.41, 5.74) is 7.76. The molecule has 1 heterocycles. The number of pyridine rings is 1. The fourth-order valence-corrected chi connectivity index (χ4v) is 2.61. The molecule has 112 valence electrons. The molecule has 1 aromatic carbocycles.